The van der Waals surface area contributed by atoms with Gasteiger partial charge in [-0.2, -0.15) is 0 Å². The summed E-state index contributed by atoms with van der Waals surface area (Å²) in [5, 5.41) is 0.581. The third-order valence-electron chi connectivity index (χ3n) is 2.45. The Hall–Kier alpha value is -0.346. The molecule has 2 radical (unpaired) electrons. The number of hydrogen-bond donors (Lipinski definition) is 0. The van der Waals surface area contributed by atoms with Gasteiger partial charge in [-0.3, -0.25) is 0 Å². The van der Waals surface area contributed by atoms with Crippen LogP contribution in [-0.4, -0.2) is 20.5 Å². The molecule has 1 aromatic carbocycles. The predicted octanol–water partition coefficient (Wildman–Crippen LogP) is 1.42. The van der Waals surface area contributed by atoms with Crippen molar-refractivity contribution < 1.29 is 0 Å². The van der Waals surface area contributed by atoms with E-state index >= 15 is 0 Å². The average Bonchev–Trinajstić information content (AvgIpc) is 2.01. The highest BCUT2D eigenvalue weighted by molar-refractivity contribution is 6.16. The molecule has 0 aromatic heterocycles. The van der Waals surface area contributed by atoms with Crippen LogP contribution in [0.4, 0.5) is 0 Å². The highest BCUT2D eigenvalue weighted by atomic mass is 28.1. The highest BCUT2D eigenvalue weighted by Gasteiger charge is 2.16. The Bertz CT molecular complexity index is 266. The molecule has 14 heavy (non-hydrogen) atoms. The highest BCUT2D eigenvalue weighted by Crippen LogP contribution is 2.23. The summed E-state index contributed by atoms with van der Waals surface area (Å²) in [4.78, 5) is 0. The molecule has 1 aromatic rings. The van der Waals surface area contributed by atoms with Crippen LogP contribution < -0.4 is 0 Å². The van der Waals surface area contributed by atoms with E-state index in [0.29, 0.717) is 10.1 Å². The molecule has 0 atom stereocenters. The second-order valence-electron chi connectivity index (χ2n) is 5.35. The molecular formula is C12H20Si2. The topological polar surface area (TPSA) is 0 Å². The van der Waals surface area contributed by atoms with Crippen LogP contribution in [0.3, 0.4) is 0 Å². The van der Waals surface area contributed by atoms with Gasteiger partial charge in [-0.1, -0.05) is 52.0 Å². The standard InChI is InChI=1S/C12H20Si2/c1-11(2,13)9-5-7-10(8-6-9)12(3,4)14/h5-8H,13-14H2,1-4H3. The number of benzene rings is 1. The first kappa shape index (κ1) is 11.7. The summed E-state index contributed by atoms with van der Waals surface area (Å²) < 4.78 is 0. The summed E-state index contributed by atoms with van der Waals surface area (Å²) in [6, 6.07) is 9.05. The zero-order chi connectivity index (χ0) is 11.0. The Labute approximate surface area is 94.0 Å². The lowest BCUT2D eigenvalue weighted by molar-refractivity contribution is 0.745. The Kier molecular flexibility index (Phi) is 3.07. The molecule has 0 saturated carbocycles. The molecule has 0 amide bonds. The van der Waals surface area contributed by atoms with E-state index in [0.717, 1.165) is 0 Å². The van der Waals surface area contributed by atoms with Gasteiger partial charge in [0, 0.05) is 20.5 Å². The summed E-state index contributed by atoms with van der Waals surface area (Å²) in [6.45, 7) is 9.05. The van der Waals surface area contributed by atoms with Crippen molar-refractivity contribution in [3.05, 3.63) is 35.4 Å². The van der Waals surface area contributed by atoms with Gasteiger partial charge in [-0.15, -0.1) is 0 Å². The van der Waals surface area contributed by atoms with Crippen molar-refractivity contribution >= 4 is 20.5 Å². The Balaban J connectivity index is 3.02. The first-order valence-electron chi connectivity index (χ1n) is 5.03. The summed E-state index contributed by atoms with van der Waals surface area (Å²) >= 11 is 0. The van der Waals surface area contributed by atoms with E-state index in [1.807, 2.05) is 20.5 Å². The second kappa shape index (κ2) is 3.67. The van der Waals surface area contributed by atoms with Crippen LogP contribution >= 0.6 is 0 Å². The van der Waals surface area contributed by atoms with Crippen LogP contribution in [0.15, 0.2) is 24.3 Å². The molecule has 0 spiro atoms. The number of rotatable bonds is 2. The van der Waals surface area contributed by atoms with Gasteiger partial charge in [0.25, 0.3) is 0 Å². The van der Waals surface area contributed by atoms with Gasteiger partial charge in [0.2, 0.25) is 0 Å². The smallest absolute Gasteiger partial charge is 0.0214 e. The Morgan fingerprint density at radius 1 is 0.714 bits per heavy atom. The van der Waals surface area contributed by atoms with Crippen molar-refractivity contribution in [2.75, 3.05) is 0 Å². The second-order valence-corrected chi connectivity index (χ2v) is 8.88. The summed E-state index contributed by atoms with van der Waals surface area (Å²) in [6.07, 6.45) is 0. The average molecular weight is 220 g/mol. The maximum Gasteiger partial charge on any atom is 0.0214 e. The van der Waals surface area contributed by atoms with Gasteiger partial charge < -0.3 is 0 Å². The Morgan fingerprint density at radius 2 is 0.929 bits per heavy atom. The third kappa shape index (κ3) is 2.82. The van der Waals surface area contributed by atoms with E-state index in [1.54, 1.807) is 0 Å². The van der Waals surface area contributed by atoms with Crippen LogP contribution in [-0.2, 0) is 10.1 Å². The van der Waals surface area contributed by atoms with E-state index in [2.05, 4.69) is 52.0 Å². The fraction of sp³-hybridized carbons (Fsp3) is 0.500. The Morgan fingerprint density at radius 3 is 1.07 bits per heavy atom. The molecule has 0 nitrogen and oxygen atoms in total. The van der Waals surface area contributed by atoms with E-state index in [9.17, 15) is 0 Å². The van der Waals surface area contributed by atoms with Crippen molar-refractivity contribution in [1.82, 2.24) is 0 Å². The molecule has 76 valence electrons. The monoisotopic (exact) mass is 220 g/mol. The molecule has 0 fully saturated rings. The quantitative estimate of drug-likeness (QED) is 0.662. The van der Waals surface area contributed by atoms with E-state index in [4.69, 9.17) is 0 Å². The van der Waals surface area contributed by atoms with Gasteiger partial charge >= 0.3 is 0 Å². The lowest BCUT2D eigenvalue weighted by atomic mass is 9.96. The zero-order valence-electron chi connectivity index (χ0n) is 9.72. The van der Waals surface area contributed by atoms with Gasteiger partial charge in [0.05, 0.1) is 0 Å². The molecule has 0 N–H and O–H groups in total. The van der Waals surface area contributed by atoms with Crippen LogP contribution in [0.5, 0.6) is 0 Å². The summed E-state index contributed by atoms with van der Waals surface area (Å²) in [5.41, 5.74) is 2.85. The maximum atomic E-state index is 2.26. The molecule has 0 bridgehead atoms. The zero-order valence-corrected chi connectivity index (χ0v) is 12.6. The maximum absolute atomic E-state index is 2.26. The normalized spacial score (nSPS) is 13.0. The predicted molar refractivity (Wildman–Crippen MR) is 69.6 cm³/mol. The van der Waals surface area contributed by atoms with Crippen molar-refractivity contribution in [2.24, 2.45) is 0 Å². The van der Waals surface area contributed by atoms with Gasteiger partial charge in [0.15, 0.2) is 0 Å². The molecule has 0 heterocycles. The molecular weight excluding hydrogens is 200 g/mol. The number of hydrogen-bond acceptors (Lipinski definition) is 0. The van der Waals surface area contributed by atoms with Gasteiger partial charge in [0.1, 0.15) is 0 Å². The molecule has 0 aliphatic heterocycles. The summed E-state index contributed by atoms with van der Waals surface area (Å²) in [7, 11) is 4.08. The van der Waals surface area contributed by atoms with Crippen molar-refractivity contribution in [1.29, 1.82) is 0 Å². The van der Waals surface area contributed by atoms with Crippen LogP contribution in [0.2, 0.25) is 0 Å². The van der Waals surface area contributed by atoms with Crippen molar-refractivity contribution in [2.45, 2.75) is 37.8 Å². The van der Waals surface area contributed by atoms with Gasteiger partial charge in [-0.25, -0.2) is 0 Å². The SMILES string of the molecule is CC(C)([SiH2])c1ccc(C(C)(C)[SiH2])cc1. The molecule has 2 heteroatoms. The van der Waals surface area contributed by atoms with Crippen molar-refractivity contribution in [3.63, 3.8) is 0 Å². The molecule has 0 aliphatic carbocycles. The fourth-order valence-electron chi connectivity index (χ4n) is 1.37. The molecule has 0 aliphatic rings. The molecule has 0 saturated heterocycles. The minimum Gasteiger partial charge on any atom is -0.0592 e. The van der Waals surface area contributed by atoms with Crippen LogP contribution in [0, 0.1) is 0 Å². The minimum atomic E-state index is 0.290. The third-order valence-corrected chi connectivity index (χ3v) is 3.26. The van der Waals surface area contributed by atoms with E-state index in [-0.39, 0.29) is 0 Å². The first-order valence-corrected chi connectivity index (χ1v) is 6.44. The van der Waals surface area contributed by atoms with E-state index in [1.165, 1.54) is 11.1 Å². The lowest BCUT2D eigenvalue weighted by Crippen LogP contribution is -2.19. The molecule has 1 rings (SSSR count). The first-order chi connectivity index (χ1) is 6.21. The van der Waals surface area contributed by atoms with Crippen molar-refractivity contribution in [3.8, 4) is 0 Å². The summed E-state index contributed by atoms with van der Waals surface area (Å²) in [5.74, 6) is 0. The fourth-order valence-corrected chi connectivity index (χ4v) is 1.84. The molecule has 0 unspecified atom stereocenters. The van der Waals surface area contributed by atoms with Crippen LogP contribution in [0.25, 0.3) is 0 Å². The minimum absolute atomic E-state index is 0.290. The van der Waals surface area contributed by atoms with E-state index < -0.39 is 0 Å². The largest absolute Gasteiger partial charge is 0.0592 e. The van der Waals surface area contributed by atoms with Crippen LogP contribution in [0.1, 0.15) is 38.8 Å². The lowest BCUT2D eigenvalue weighted by Gasteiger charge is -2.23. The van der Waals surface area contributed by atoms with Gasteiger partial charge in [-0.05, 0) is 21.2 Å².